The first-order valence-electron chi connectivity index (χ1n) is 6.84. The van der Waals surface area contributed by atoms with Crippen LogP contribution >= 0.6 is 0 Å². The first-order chi connectivity index (χ1) is 8.92. The van der Waals surface area contributed by atoms with Crippen molar-refractivity contribution in [1.82, 2.24) is 15.1 Å². The van der Waals surface area contributed by atoms with E-state index >= 15 is 0 Å². The van der Waals surface area contributed by atoms with Crippen molar-refractivity contribution in [2.24, 2.45) is 0 Å². The van der Waals surface area contributed by atoms with Gasteiger partial charge in [-0.25, -0.2) is 0 Å². The SMILES string of the molecule is c1cc(NC2CCN3CCCC23)c2cn[nH]c2c1. The number of rotatable bonds is 2. The second-order valence-electron chi connectivity index (χ2n) is 5.42. The number of anilines is 1. The van der Waals surface area contributed by atoms with Crippen molar-refractivity contribution in [3.63, 3.8) is 0 Å². The van der Waals surface area contributed by atoms with Gasteiger partial charge in [0.05, 0.1) is 11.7 Å². The third-order valence-corrected chi connectivity index (χ3v) is 4.43. The summed E-state index contributed by atoms with van der Waals surface area (Å²) in [4.78, 5) is 2.63. The van der Waals surface area contributed by atoms with Gasteiger partial charge in [0, 0.05) is 29.7 Å². The minimum Gasteiger partial charge on any atom is -0.380 e. The number of hydrogen-bond acceptors (Lipinski definition) is 3. The van der Waals surface area contributed by atoms with Gasteiger partial charge < -0.3 is 5.32 Å². The maximum Gasteiger partial charge on any atom is 0.0671 e. The van der Waals surface area contributed by atoms with E-state index in [1.54, 1.807) is 0 Å². The van der Waals surface area contributed by atoms with Crippen LogP contribution in [0.5, 0.6) is 0 Å². The summed E-state index contributed by atoms with van der Waals surface area (Å²) in [5, 5.41) is 12.1. The van der Waals surface area contributed by atoms with E-state index in [0.29, 0.717) is 6.04 Å². The highest BCUT2D eigenvalue weighted by Gasteiger charge is 2.37. The normalized spacial score (nSPS) is 27.8. The Hall–Kier alpha value is -1.55. The molecule has 0 saturated carbocycles. The third kappa shape index (κ3) is 1.52. The lowest BCUT2D eigenvalue weighted by Gasteiger charge is -2.22. The monoisotopic (exact) mass is 242 g/mol. The van der Waals surface area contributed by atoms with Gasteiger partial charge in [-0.3, -0.25) is 10.00 Å². The number of aromatic nitrogens is 2. The predicted molar refractivity (Wildman–Crippen MR) is 72.7 cm³/mol. The van der Waals surface area contributed by atoms with Gasteiger partial charge in [-0.05, 0) is 37.9 Å². The van der Waals surface area contributed by atoms with Gasteiger partial charge in [0.1, 0.15) is 0 Å². The largest absolute Gasteiger partial charge is 0.380 e. The topological polar surface area (TPSA) is 44.0 Å². The molecular formula is C14H18N4. The molecule has 0 bridgehead atoms. The smallest absolute Gasteiger partial charge is 0.0671 e. The summed E-state index contributed by atoms with van der Waals surface area (Å²) in [6.07, 6.45) is 5.88. The van der Waals surface area contributed by atoms with E-state index in [2.05, 4.69) is 38.6 Å². The minimum atomic E-state index is 0.605. The zero-order valence-corrected chi connectivity index (χ0v) is 10.4. The molecule has 3 heterocycles. The van der Waals surface area contributed by atoms with Crippen molar-refractivity contribution >= 4 is 16.6 Å². The molecule has 0 spiro atoms. The molecule has 2 fully saturated rings. The van der Waals surface area contributed by atoms with Gasteiger partial charge in [0.15, 0.2) is 0 Å². The first kappa shape index (κ1) is 10.4. The zero-order chi connectivity index (χ0) is 11.9. The van der Waals surface area contributed by atoms with Gasteiger partial charge >= 0.3 is 0 Å². The Bertz CT molecular complexity index is 562. The molecule has 94 valence electrons. The van der Waals surface area contributed by atoms with Gasteiger partial charge in [0.25, 0.3) is 0 Å². The van der Waals surface area contributed by atoms with E-state index < -0.39 is 0 Å². The number of nitrogens with zero attached hydrogens (tertiary/aromatic N) is 2. The number of aromatic amines is 1. The maximum absolute atomic E-state index is 4.13. The minimum absolute atomic E-state index is 0.605. The van der Waals surface area contributed by atoms with Crippen LogP contribution in [-0.4, -0.2) is 40.3 Å². The van der Waals surface area contributed by atoms with Gasteiger partial charge in [-0.1, -0.05) is 6.07 Å². The fraction of sp³-hybridized carbons (Fsp3) is 0.500. The lowest BCUT2D eigenvalue weighted by molar-refractivity contribution is 0.318. The predicted octanol–water partition coefficient (Wildman–Crippen LogP) is 2.21. The fourth-order valence-corrected chi connectivity index (χ4v) is 3.54. The van der Waals surface area contributed by atoms with E-state index in [1.165, 1.54) is 43.4 Å². The van der Waals surface area contributed by atoms with Crippen molar-refractivity contribution in [1.29, 1.82) is 0 Å². The third-order valence-electron chi connectivity index (χ3n) is 4.43. The van der Waals surface area contributed by atoms with Gasteiger partial charge in [-0.2, -0.15) is 5.10 Å². The highest BCUT2D eigenvalue weighted by atomic mass is 15.2. The van der Waals surface area contributed by atoms with E-state index in [0.717, 1.165) is 11.6 Å². The van der Waals surface area contributed by atoms with Crippen LogP contribution in [0.4, 0.5) is 5.69 Å². The van der Waals surface area contributed by atoms with Gasteiger partial charge in [-0.15, -0.1) is 0 Å². The van der Waals surface area contributed by atoms with E-state index in [1.807, 2.05) is 6.20 Å². The average Bonchev–Trinajstić information content (AvgIpc) is 3.06. The van der Waals surface area contributed by atoms with Crippen LogP contribution in [0.2, 0.25) is 0 Å². The number of hydrogen-bond donors (Lipinski definition) is 2. The molecule has 1 aromatic carbocycles. The fourth-order valence-electron chi connectivity index (χ4n) is 3.54. The summed E-state index contributed by atoms with van der Waals surface area (Å²) in [5.74, 6) is 0. The van der Waals surface area contributed by atoms with Crippen LogP contribution in [0.25, 0.3) is 10.9 Å². The Morgan fingerprint density at radius 1 is 1.28 bits per heavy atom. The molecule has 0 amide bonds. The first-order valence-corrected chi connectivity index (χ1v) is 6.84. The standard InChI is InChI=1S/C14H18N4/c1-3-11(10-9-15-17-12(10)4-1)16-13-6-8-18-7-2-5-14(13)18/h1,3-4,9,13-14,16H,2,5-8H2,(H,15,17). The Morgan fingerprint density at radius 2 is 2.28 bits per heavy atom. The molecule has 2 aliphatic rings. The molecule has 1 aromatic heterocycles. The lowest BCUT2D eigenvalue weighted by atomic mass is 10.1. The molecular weight excluding hydrogens is 224 g/mol. The summed E-state index contributed by atoms with van der Waals surface area (Å²) in [6.45, 7) is 2.54. The van der Waals surface area contributed by atoms with Crippen LogP contribution in [-0.2, 0) is 0 Å². The highest BCUT2D eigenvalue weighted by molar-refractivity contribution is 5.90. The molecule has 4 nitrogen and oxygen atoms in total. The van der Waals surface area contributed by atoms with Crippen molar-refractivity contribution in [2.45, 2.75) is 31.3 Å². The number of benzene rings is 1. The molecule has 4 heteroatoms. The number of fused-ring (bicyclic) bond motifs is 2. The quantitative estimate of drug-likeness (QED) is 0.848. The summed E-state index contributed by atoms with van der Waals surface area (Å²) in [7, 11) is 0. The molecule has 2 aromatic rings. The second kappa shape index (κ2) is 3.99. The number of H-pyrrole nitrogens is 1. The van der Waals surface area contributed by atoms with Crippen molar-refractivity contribution < 1.29 is 0 Å². The van der Waals surface area contributed by atoms with Gasteiger partial charge in [0.2, 0.25) is 0 Å². The summed E-state index contributed by atoms with van der Waals surface area (Å²) in [5.41, 5.74) is 2.33. The molecule has 18 heavy (non-hydrogen) atoms. The van der Waals surface area contributed by atoms with Crippen molar-refractivity contribution in [3.8, 4) is 0 Å². The molecule has 2 atom stereocenters. The molecule has 2 N–H and O–H groups in total. The van der Waals surface area contributed by atoms with Crippen LogP contribution < -0.4 is 5.32 Å². The molecule has 2 aliphatic heterocycles. The average molecular weight is 242 g/mol. The second-order valence-corrected chi connectivity index (χ2v) is 5.42. The Kier molecular flexibility index (Phi) is 2.30. The van der Waals surface area contributed by atoms with Crippen LogP contribution in [0.1, 0.15) is 19.3 Å². The Labute approximate surface area is 106 Å². The lowest BCUT2D eigenvalue weighted by Crippen LogP contribution is -2.33. The van der Waals surface area contributed by atoms with Crippen LogP contribution in [0.15, 0.2) is 24.4 Å². The number of nitrogens with one attached hydrogen (secondary N) is 2. The van der Waals surface area contributed by atoms with E-state index in [-0.39, 0.29) is 0 Å². The highest BCUT2D eigenvalue weighted by Crippen LogP contribution is 2.31. The molecule has 4 rings (SSSR count). The van der Waals surface area contributed by atoms with Crippen molar-refractivity contribution in [3.05, 3.63) is 24.4 Å². The van der Waals surface area contributed by atoms with Crippen molar-refractivity contribution in [2.75, 3.05) is 18.4 Å². The van der Waals surface area contributed by atoms with Crippen LogP contribution in [0.3, 0.4) is 0 Å². The summed E-state index contributed by atoms with van der Waals surface area (Å²) < 4.78 is 0. The zero-order valence-electron chi connectivity index (χ0n) is 10.4. The molecule has 2 unspecified atom stereocenters. The Morgan fingerprint density at radius 3 is 3.28 bits per heavy atom. The van der Waals surface area contributed by atoms with E-state index in [4.69, 9.17) is 0 Å². The molecule has 0 radical (unpaired) electrons. The van der Waals surface area contributed by atoms with Crippen LogP contribution in [0, 0.1) is 0 Å². The Balaban J connectivity index is 1.62. The summed E-state index contributed by atoms with van der Waals surface area (Å²) >= 11 is 0. The van der Waals surface area contributed by atoms with E-state index in [9.17, 15) is 0 Å². The molecule has 2 saturated heterocycles. The molecule has 0 aliphatic carbocycles. The summed E-state index contributed by atoms with van der Waals surface area (Å²) in [6, 6.07) is 7.67. The maximum atomic E-state index is 4.13.